The molecule has 1 aliphatic rings. The van der Waals surface area contributed by atoms with Crippen LogP contribution in [0.5, 0.6) is 5.75 Å². The van der Waals surface area contributed by atoms with Crippen LogP contribution in [0.1, 0.15) is 40.2 Å². The van der Waals surface area contributed by atoms with Crippen molar-refractivity contribution in [3.63, 3.8) is 0 Å². The normalized spacial score (nSPS) is 13.6. The Morgan fingerprint density at radius 2 is 1.86 bits per heavy atom. The average molecular weight is 520 g/mol. The lowest BCUT2D eigenvalue weighted by atomic mass is 10.1. The van der Waals surface area contributed by atoms with Gasteiger partial charge in [-0.25, -0.2) is 4.98 Å². The highest BCUT2D eigenvalue weighted by atomic mass is 32.2. The van der Waals surface area contributed by atoms with Crippen molar-refractivity contribution in [2.24, 2.45) is 0 Å². The van der Waals surface area contributed by atoms with Crippen molar-refractivity contribution in [1.29, 1.82) is 0 Å². The number of thioether (sulfide) groups is 1. The van der Waals surface area contributed by atoms with Crippen molar-refractivity contribution in [3.8, 4) is 11.4 Å². The molecule has 2 aromatic heterocycles. The summed E-state index contributed by atoms with van der Waals surface area (Å²) in [5, 5.41) is 1.25. The number of ether oxygens (including phenoxy) is 1. The summed E-state index contributed by atoms with van der Waals surface area (Å²) in [6.07, 6.45) is 0.849. The van der Waals surface area contributed by atoms with Gasteiger partial charge in [-0.3, -0.25) is 19.1 Å². The van der Waals surface area contributed by atoms with Gasteiger partial charge in [-0.1, -0.05) is 48.5 Å². The van der Waals surface area contributed by atoms with E-state index in [-0.39, 0.29) is 17.1 Å². The molecule has 0 spiro atoms. The molecule has 2 aromatic carbocycles. The van der Waals surface area contributed by atoms with E-state index in [9.17, 15) is 9.59 Å². The Bertz CT molecular complexity index is 1460. The summed E-state index contributed by atoms with van der Waals surface area (Å²) in [7, 11) is 0. The number of hydrogen-bond donors (Lipinski definition) is 0. The number of aryl methyl sites for hydroxylation is 1. The zero-order chi connectivity index (χ0) is 25.2. The first kappa shape index (κ1) is 24.7. The van der Waals surface area contributed by atoms with Crippen LogP contribution < -0.4 is 10.3 Å². The molecule has 0 aliphatic carbocycles. The van der Waals surface area contributed by atoms with Crippen molar-refractivity contribution in [1.82, 2.24) is 14.5 Å². The fraction of sp³-hybridized carbons (Fsp3) is 0.321. The van der Waals surface area contributed by atoms with Crippen molar-refractivity contribution in [2.45, 2.75) is 38.9 Å². The van der Waals surface area contributed by atoms with Crippen LogP contribution in [0.2, 0.25) is 0 Å². The Labute approximate surface area is 218 Å². The highest BCUT2D eigenvalue weighted by molar-refractivity contribution is 7.99. The van der Waals surface area contributed by atoms with Crippen LogP contribution >= 0.6 is 23.1 Å². The second kappa shape index (κ2) is 10.6. The van der Waals surface area contributed by atoms with Gasteiger partial charge in [0.1, 0.15) is 10.6 Å². The zero-order valence-corrected chi connectivity index (χ0v) is 22.4. The minimum atomic E-state index is -0.0723. The molecule has 0 amide bonds. The molecular formula is C28H29N3O3S2. The molecule has 8 heteroatoms. The third kappa shape index (κ3) is 4.85. The van der Waals surface area contributed by atoms with E-state index in [0.29, 0.717) is 28.4 Å². The van der Waals surface area contributed by atoms with Crippen LogP contribution in [0.3, 0.4) is 0 Å². The number of Topliss-reactive ketones (excluding diaryl/α,β-unsaturated/α-hetero) is 1. The lowest BCUT2D eigenvalue weighted by Gasteiger charge is -2.25. The van der Waals surface area contributed by atoms with Crippen LogP contribution in [-0.2, 0) is 13.0 Å². The lowest BCUT2D eigenvalue weighted by Crippen LogP contribution is -2.30. The summed E-state index contributed by atoms with van der Waals surface area (Å²) < 4.78 is 7.25. The molecule has 4 aromatic rings. The van der Waals surface area contributed by atoms with Gasteiger partial charge < -0.3 is 4.74 Å². The molecule has 1 aliphatic heterocycles. The summed E-state index contributed by atoms with van der Waals surface area (Å²) >= 11 is 2.92. The van der Waals surface area contributed by atoms with Gasteiger partial charge in [0, 0.05) is 23.5 Å². The maximum absolute atomic E-state index is 14.0. The van der Waals surface area contributed by atoms with Gasteiger partial charge in [-0.2, -0.15) is 0 Å². The summed E-state index contributed by atoms with van der Waals surface area (Å²) in [4.78, 5) is 36.2. The van der Waals surface area contributed by atoms with E-state index >= 15 is 0 Å². The fourth-order valence-corrected chi connectivity index (χ4v) is 6.69. The first-order chi connectivity index (χ1) is 17.5. The molecule has 0 saturated carbocycles. The topological polar surface area (TPSA) is 64.4 Å². The van der Waals surface area contributed by atoms with E-state index in [2.05, 4.69) is 11.8 Å². The van der Waals surface area contributed by atoms with Gasteiger partial charge in [0.25, 0.3) is 5.56 Å². The van der Waals surface area contributed by atoms with Crippen molar-refractivity contribution in [3.05, 3.63) is 80.5 Å². The third-order valence-electron chi connectivity index (χ3n) is 6.48. The Balaban J connectivity index is 1.57. The molecule has 5 rings (SSSR count). The molecule has 0 unspecified atom stereocenters. The highest BCUT2D eigenvalue weighted by Gasteiger charge is 2.25. The van der Waals surface area contributed by atoms with Crippen molar-refractivity contribution >= 4 is 39.1 Å². The van der Waals surface area contributed by atoms with Gasteiger partial charge in [0.15, 0.2) is 10.9 Å². The number of benzene rings is 2. The second-order valence-corrected chi connectivity index (χ2v) is 10.9. The number of rotatable bonds is 8. The second-order valence-electron chi connectivity index (χ2n) is 8.84. The molecule has 36 heavy (non-hydrogen) atoms. The summed E-state index contributed by atoms with van der Waals surface area (Å²) in [6.45, 7) is 9.45. The SMILES string of the molecule is CCOc1ccc(-n2c(SCC(=O)c3ccc(C)cc3)nc3sc4c(c3c2=O)CCN(CC)C4)cc1. The number of ketones is 1. The molecule has 0 atom stereocenters. The molecule has 186 valence electrons. The third-order valence-corrected chi connectivity index (χ3v) is 8.53. The van der Waals surface area contributed by atoms with Gasteiger partial charge in [-0.05, 0) is 56.6 Å². The molecule has 3 heterocycles. The standard InChI is InChI=1S/C28H29N3O3S2/c1-4-30-15-14-22-24(16-30)36-26-25(22)27(33)31(20-10-12-21(13-11-20)34-5-2)28(29-26)35-17-23(32)19-8-6-18(3)7-9-19/h6-13H,4-5,14-17H2,1-3H3. The number of fused-ring (bicyclic) bond motifs is 3. The highest BCUT2D eigenvalue weighted by Crippen LogP contribution is 2.34. The molecular weight excluding hydrogens is 490 g/mol. The summed E-state index contributed by atoms with van der Waals surface area (Å²) in [6, 6.07) is 15.1. The van der Waals surface area contributed by atoms with Crippen LogP contribution in [0.15, 0.2) is 58.5 Å². The Morgan fingerprint density at radius 1 is 1.11 bits per heavy atom. The first-order valence-electron chi connectivity index (χ1n) is 12.2. The molecule has 0 fully saturated rings. The largest absolute Gasteiger partial charge is 0.494 e. The first-order valence-corrected chi connectivity index (χ1v) is 14.0. The van der Waals surface area contributed by atoms with E-state index in [1.54, 1.807) is 15.9 Å². The van der Waals surface area contributed by atoms with E-state index in [4.69, 9.17) is 9.72 Å². The maximum Gasteiger partial charge on any atom is 0.267 e. The van der Waals surface area contributed by atoms with Crippen molar-refractivity contribution in [2.75, 3.05) is 25.4 Å². The monoisotopic (exact) mass is 519 g/mol. The minimum Gasteiger partial charge on any atom is -0.494 e. The Hall–Kier alpha value is -2.94. The van der Waals surface area contributed by atoms with E-state index in [1.165, 1.54) is 16.6 Å². The van der Waals surface area contributed by atoms with Crippen LogP contribution in [0, 0.1) is 6.92 Å². The smallest absolute Gasteiger partial charge is 0.267 e. The van der Waals surface area contributed by atoms with Crippen LogP contribution in [-0.4, -0.2) is 45.7 Å². The van der Waals surface area contributed by atoms with Gasteiger partial charge in [-0.15, -0.1) is 11.3 Å². The molecule has 0 N–H and O–H groups in total. The molecule has 0 saturated heterocycles. The number of likely N-dealkylation sites (N-methyl/N-ethyl adjacent to an activating group) is 1. The molecule has 0 radical (unpaired) electrons. The van der Waals surface area contributed by atoms with Gasteiger partial charge in [0.2, 0.25) is 0 Å². The van der Waals surface area contributed by atoms with Crippen LogP contribution in [0.4, 0.5) is 0 Å². The van der Waals surface area contributed by atoms with Gasteiger partial charge >= 0.3 is 0 Å². The minimum absolute atomic E-state index is 0.0108. The Morgan fingerprint density at radius 3 is 2.56 bits per heavy atom. The molecule has 0 bridgehead atoms. The van der Waals surface area contributed by atoms with E-state index < -0.39 is 0 Å². The summed E-state index contributed by atoms with van der Waals surface area (Å²) in [5.74, 6) is 0.962. The number of hydrogen-bond acceptors (Lipinski definition) is 7. The Kier molecular flexibility index (Phi) is 7.27. The quantitative estimate of drug-likeness (QED) is 0.174. The number of thiophene rings is 1. The van der Waals surface area contributed by atoms with Crippen molar-refractivity contribution < 1.29 is 9.53 Å². The fourth-order valence-electron chi connectivity index (χ4n) is 4.48. The molecule has 6 nitrogen and oxygen atoms in total. The van der Waals surface area contributed by atoms with E-state index in [1.807, 2.05) is 62.4 Å². The number of nitrogens with zero attached hydrogens (tertiary/aromatic N) is 3. The predicted molar refractivity (Wildman–Crippen MR) is 147 cm³/mol. The average Bonchev–Trinajstić information content (AvgIpc) is 3.26. The predicted octanol–water partition coefficient (Wildman–Crippen LogP) is 5.51. The maximum atomic E-state index is 14.0. The zero-order valence-electron chi connectivity index (χ0n) is 20.7. The van der Waals surface area contributed by atoms with Gasteiger partial charge in [0.05, 0.1) is 23.4 Å². The number of carbonyl (C=O) groups is 1. The van der Waals surface area contributed by atoms with E-state index in [0.717, 1.165) is 47.8 Å². The number of carbonyl (C=O) groups excluding carboxylic acids is 1. The van der Waals surface area contributed by atoms with Crippen LogP contribution in [0.25, 0.3) is 15.9 Å². The number of aromatic nitrogens is 2. The lowest BCUT2D eigenvalue weighted by molar-refractivity contribution is 0.102. The summed E-state index contributed by atoms with van der Waals surface area (Å²) in [5.41, 5.74) is 3.55.